The van der Waals surface area contributed by atoms with Crippen LogP contribution in [0.25, 0.3) is 0 Å². The summed E-state index contributed by atoms with van der Waals surface area (Å²) in [6.45, 7) is 2.03. The monoisotopic (exact) mass is 247 g/mol. The summed E-state index contributed by atoms with van der Waals surface area (Å²) in [5.41, 5.74) is 1.00. The maximum absolute atomic E-state index is 10.4. The van der Waals surface area contributed by atoms with E-state index in [4.69, 9.17) is 4.74 Å². The smallest absolute Gasteiger partial charge is 0.120 e. The van der Waals surface area contributed by atoms with E-state index >= 15 is 0 Å². The molecule has 98 valence electrons. The fourth-order valence-corrected chi connectivity index (χ4v) is 2.58. The first-order valence-electron chi connectivity index (χ1n) is 6.98. The molecule has 0 bridgehead atoms. The average molecular weight is 247 g/mol. The molecule has 0 radical (unpaired) electrons. The first-order chi connectivity index (χ1) is 8.83. The Kier molecular flexibility index (Phi) is 3.52. The van der Waals surface area contributed by atoms with Crippen LogP contribution in [0.3, 0.4) is 0 Å². The molecule has 1 saturated carbocycles. The van der Waals surface area contributed by atoms with Crippen LogP contribution in [-0.2, 0) is 0 Å². The Labute approximate surface area is 108 Å². The Morgan fingerprint density at radius 1 is 1.17 bits per heavy atom. The summed E-state index contributed by atoms with van der Waals surface area (Å²) in [6, 6.07) is 7.98. The zero-order valence-electron chi connectivity index (χ0n) is 10.6. The number of ether oxygens (including phenoxy) is 1. The molecule has 0 spiro atoms. The second kappa shape index (κ2) is 5.29. The highest BCUT2D eigenvalue weighted by Gasteiger charge is 2.25. The maximum atomic E-state index is 10.4. The van der Waals surface area contributed by atoms with E-state index in [2.05, 4.69) is 5.32 Å². The molecular formula is C15H21NO2. The lowest BCUT2D eigenvalue weighted by atomic mass is 9.88. The van der Waals surface area contributed by atoms with E-state index in [0.29, 0.717) is 12.0 Å². The normalized spacial score (nSPS) is 22.7. The highest BCUT2D eigenvalue weighted by molar-refractivity contribution is 5.30. The van der Waals surface area contributed by atoms with Crippen LogP contribution in [-0.4, -0.2) is 24.3 Å². The van der Waals surface area contributed by atoms with E-state index in [0.717, 1.165) is 37.2 Å². The van der Waals surface area contributed by atoms with Gasteiger partial charge in [-0.3, -0.25) is 0 Å². The SMILES string of the molecule is OC(c1cccc(OC2CC2)c1)C1CCNCC1. The lowest BCUT2D eigenvalue weighted by Gasteiger charge is -2.27. The van der Waals surface area contributed by atoms with Gasteiger partial charge in [0.25, 0.3) is 0 Å². The van der Waals surface area contributed by atoms with Crippen LogP contribution in [0.5, 0.6) is 5.75 Å². The molecule has 1 aliphatic carbocycles. The summed E-state index contributed by atoms with van der Waals surface area (Å²) in [5.74, 6) is 1.28. The molecule has 0 aromatic heterocycles. The predicted octanol–water partition coefficient (Wildman–Crippen LogP) is 2.26. The van der Waals surface area contributed by atoms with E-state index in [-0.39, 0.29) is 6.10 Å². The van der Waals surface area contributed by atoms with Crippen molar-refractivity contribution >= 4 is 0 Å². The van der Waals surface area contributed by atoms with Gasteiger partial charge in [-0.05, 0) is 62.4 Å². The Morgan fingerprint density at radius 3 is 2.67 bits per heavy atom. The zero-order valence-corrected chi connectivity index (χ0v) is 10.6. The number of piperidine rings is 1. The first kappa shape index (κ1) is 12.0. The van der Waals surface area contributed by atoms with Gasteiger partial charge in [0.05, 0.1) is 12.2 Å². The van der Waals surface area contributed by atoms with Crippen LogP contribution in [0, 0.1) is 5.92 Å². The molecule has 0 amide bonds. The minimum Gasteiger partial charge on any atom is -0.490 e. The van der Waals surface area contributed by atoms with Crippen molar-refractivity contribution in [3.05, 3.63) is 29.8 Å². The molecule has 1 saturated heterocycles. The van der Waals surface area contributed by atoms with Gasteiger partial charge in [0.15, 0.2) is 0 Å². The van der Waals surface area contributed by atoms with Crippen molar-refractivity contribution < 1.29 is 9.84 Å². The topological polar surface area (TPSA) is 41.5 Å². The van der Waals surface area contributed by atoms with Gasteiger partial charge in [-0.1, -0.05) is 12.1 Å². The molecule has 1 heterocycles. The number of aliphatic hydroxyl groups excluding tert-OH is 1. The van der Waals surface area contributed by atoms with E-state index in [1.54, 1.807) is 0 Å². The minimum atomic E-state index is -0.352. The van der Waals surface area contributed by atoms with Gasteiger partial charge < -0.3 is 15.2 Å². The molecule has 3 nitrogen and oxygen atoms in total. The fourth-order valence-electron chi connectivity index (χ4n) is 2.58. The largest absolute Gasteiger partial charge is 0.490 e. The van der Waals surface area contributed by atoms with Gasteiger partial charge in [0, 0.05) is 0 Å². The predicted molar refractivity (Wildman–Crippen MR) is 70.6 cm³/mol. The van der Waals surface area contributed by atoms with Gasteiger partial charge in [0.1, 0.15) is 5.75 Å². The summed E-state index contributed by atoms with van der Waals surface area (Å²) in [6.07, 6.45) is 4.50. The van der Waals surface area contributed by atoms with E-state index < -0.39 is 0 Å². The Bertz CT molecular complexity index is 397. The van der Waals surface area contributed by atoms with E-state index in [1.165, 1.54) is 12.8 Å². The van der Waals surface area contributed by atoms with E-state index in [9.17, 15) is 5.11 Å². The molecule has 1 atom stereocenters. The van der Waals surface area contributed by atoms with Crippen LogP contribution in [0.4, 0.5) is 0 Å². The second-order valence-electron chi connectivity index (χ2n) is 5.42. The highest BCUT2D eigenvalue weighted by atomic mass is 16.5. The van der Waals surface area contributed by atoms with Gasteiger partial charge in [-0.15, -0.1) is 0 Å². The molecular weight excluding hydrogens is 226 g/mol. The first-order valence-corrected chi connectivity index (χ1v) is 6.98. The summed E-state index contributed by atoms with van der Waals surface area (Å²) >= 11 is 0. The van der Waals surface area contributed by atoms with Crippen molar-refractivity contribution in [2.24, 2.45) is 5.92 Å². The molecule has 1 aromatic carbocycles. The quantitative estimate of drug-likeness (QED) is 0.857. The van der Waals surface area contributed by atoms with Crippen molar-refractivity contribution in [3.8, 4) is 5.75 Å². The average Bonchev–Trinajstić information content (AvgIpc) is 3.23. The van der Waals surface area contributed by atoms with Crippen molar-refractivity contribution in [1.29, 1.82) is 0 Å². The maximum Gasteiger partial charge on any atom is 0.120 e. The minimum absolute atomic E-state index is 0.352. The Morgan fingerprint density at radius 2 is 1.94 bits per heavy atom. The van der Waals surface area contributed by atoms with Crippen LogP contribution < -0.4 is 10.1 Å². The summed E-state index contributed by atoms with van der Waals surface area (Å²) in [4.78, 5) is 0. The summed E-state index contributed by atoms with van der Waals surface area (Å²) in [5, 5.41) is 13.8. The van der Waals surface area contributed by atoms with Gasteiger partial charge in [-0.25, -0.2) is 0 Å². The molecule has 2 N–H and O–H groups in total. The summed E-state index contributed by atoms with van der Waals surface area (Å²) in [7, 11) is 0. The molecule has 18 heavy (non-hydrogen) atoms. The van der Waals surface area contributed by atoms with Crippen molar-refractivity contribution in [3.63, 3.8) is 0 Å². The number of aliphatic hydroxyl groups is 1. The van der Waals surface area contributed by atoms with Crippen molar-refractivity contribution in [2.45, 2.75) is 37.9 Å². The third-order valence-corrected chi connectivity index (χ3v) is 3.86. The van der Waals surface area contributed by atoms with Crippen molar-refractivity contribution in [2.75, 3.05) is 13.1 Å². The van der Waals surface area contributed by atoms with Crippen LogP contribution in [0.2, 0.25) is 0 Å². The number of benzene rings is 1. The molecule has 1 aromatic rings. The lowest BCUT2D eigenvalue weighted by molar-refractivity contribution is 0.0886. The zero-order chi connectivity index (χ0) is 12.4. The fraction of sp³-hybridized carbons (Fsp3) is 0.600. The standard InChI is InChI=1S/C15H21NO2/c17-15(11-6-8-16-9-7-11)12-2-1-3-14(10-12)18-13-4-5-13/h1-3,10-11,13,15-17H,4-9H2. The van der Waals surface area contributed by atoms with Crippen molar-refractivity contribution in [1.82, 2.24) is 5.32 Å². The third-order valence-electron chi connectivity index (χ3n) is 3.86. The number of hydrogen-bond acceptors (Lipinski definition) is 3. The third kappa shape index (κ3) is 2.85. The number of hydrogen-bond donors (Lipinski definition) is 2. The molecule has 1 aliphatic heterocycles. The van der Waals surface area contributed by atoms with E-state index in [1.807, 2.05) is 24.3 Å². The van der Waals surface area contributed by atoms with Crippen LogP contribution >= 0.6 is 0 Å². The molecule has 1 unspecified atom stereocenters. The molecule has 2 aliphatic rings. The molecule has 3 heteroatoms. The van der Waals surface area contributed by atoms with Gasteiger partial charge in [-0.2, -0.15) is 0 Å². The molecule has 2 fully saturated rings. The highest BCUT2D eigenvalue weighted by Crippen LogP contribution is 2.32. The van der Waals surface area contributed by atoms with Crippen LogP contribution in [0.1, 0.15) is 37.4 Å². The van der Waals surface area contributed by atoms with Gasteiger partial charge >= 0.3 is 0 Å². The number of nitrogens with one attached hydrogen (secondary N) is 1. The number of rotatable bonds is 4. The second-order valence-corrected chi connectivity index (χ2v) is 5.42. The Balaban J connectivity index is 1.69. The summed E-state index contributed by atoms with van der Waals surface area (Å²) < 4.78 is 5.78. The lowest BCUT2D eigenvalue weighted by Crippen LogP contribution is -2.30. The molecule has 3 rings (SSSR count). The van der Waals surface area contributed by atoms with Gasteiger partial charge in [0.2, 0.25) is 0 Å². The Hall–Kier alpha value is -1.06. The van der Waals surface area contributed by atoms with Crippen LogP contribution in [0.15, 0.2) is 24.3 Å².